The van der Waals surface area contributed by atoms with Crippen molar-refractivity contribution < 1.29 is 14.3 Å². The van der Waals surface area contributed by atoms with Gasteiger partial charge >= 0.3 is 5.97 Å². The van der Waals surface area contributed by atoms with Crippen LogP contribution in [0.4, 0.5) is 0 Å². The third kappa shape index (κ3) is 2.92. The van der Waals surface area contributed by atoms with Crippen LogP contribution in [0.3, 0.4) is 0 Å². The zero-order chi connectivity index (χ0) is 13.9. The lowest BCUT2D eigenvalue weighted by molar-refractivity contribution is -0.137. The molecule has 0 saturated carbocycles. The van der Waals surface area contributed by atoms with Gasteiger partial charge in [0.1, 0.15) is 5.57 Å². The van der Waals surface area contributed by atoms with E-state index in [9.17, 15) is 9.59 Å². The SMILES string of the molecule is COC(=O)/C(C(C)=O)=C(\C)c1cccc(Cl)c1Cl. The molecule has 0 heterocycles. The smallest absolute Gasteiger partial charge is 0.341 e. The zero-order valence-corrected chi connectivity index (χ0v) is 11.7. The number of methoxy groups -OCH3 is 1. The molecule has 0 N–H and O–H groups in total. The first-order valence-corrected chi connectivity index (χ1v) is 5.90. The van der Waals surface area contributed by atoms with Crippen molar-refractivity contribution in [1.29, 1.82) is 0 Å². The fourth-order valence-corrected chi connectivity index (χ4v) is 2.03. The van der Waals surface area contributed by atoms with Crippen LogP contribution < -0.4 is 0 Å². The van der Waals surface area contributed by atoms with Gasteiger partial charge in [0.15, 0.2) is 5.78 Å². The van der Waals surface area contributed by atoms with Crippen LogP contribution in [0.25, 0.3) is 5.57 Å². The summed E-state index contributed by atoms with van der Waals surface area (Å²) in [4.78, 5) is 23.1. The minimum Gasteiger partial charge on any atom is -0.465 e. The summed E-state index contributed by atoms with van der Waals surface area (Å²) in [6, 6.07) is 5.02. The molecule has 0 bridgehead atoms. The van der Waals surface area contributed by atoms with Crippen LogP contribution in [-0.2, 0) is 14.3 Å². The van der Waals surface area contributed by atoms with Crippen molar-refractivity contribution in [1.82, 2.24) is 0 Å². The molecule has 0 unspecified atom stereocenters. The predicted octanol–water partition coefficient (Wildman–Crippen LogP) is 3.53. The number of carbonyl (C=O) groups excluding carboxylic acids is 2. The number of Topliss-reactive ketones (excluding diaryl/α,β-unsaturated/α-hetero) is 1. The van der Waals surface area contributed by atoms with Crippen molar-refractivity contribution in [2.45, 2.75) is 13.8 Å². The summed E-state index contributed by atoms with van der Waals surface area (Å²) >= 11 is 12.0. The fraction of sp³-hybridized carbons (Fsp3) is 0.231. The van der Waals surface area contributed by atoms with E-state index in [1.807, 2.05) is 0 Å². The van der Waals surface area contributed by atoms with Gasteiger partial charge in [-0.2, -0.15) is 0 Å². The molecule has 5 heteroatoms. The largest absolute Gasteiger partial charge is 0.465 e. The Morgan fingerprint density at radius 1 is 1.17 bits per heavy atom. The van der Waals surface area contributed by atoms with Crippen molar-refractivity contribution in [3.05, 3.63) is 39.4 Å². The maximum atomic E-state index is 11.6. The van der Waals surface area contributed by atoms with Gasteiger partial charge in [0.05, 0.1) is 17.2 Å². The number of hydrogen-bond acceptors (Lipinski definition) is 3. The molecule has 0 spiro atoms. The van der Waals surface area contributed by atoms with Gasteiger partial charge in [-0.1, -0.05) is 35.3 Å². The summed E-state index contributed by atoms with van der Waals surface area (Å²) in [5.74, 6) is -1.06. The first-order chi connectivity index (χ1) is 8.40. The molecule has 0 atom stereocenters. The highest BCUT2D eigenvalue weighted by molar-refractivity contribution is 6.43. The van der Waals surface area contributed by atoms with E-state index < -0.39 is 5.97 Å². The standard InChI is InChI=1S/C13H12Cl2O3/c1-7(11(8(2)16)13(17)18-3)9-5-4-6-10(14)12(9)15/h4-6H,1-3H3/b11-7+. The number of ether oxygens (including phenoxy) is 1. The van der Waals surface area contributed by atoms with Crippen LogP contribution in [0.15, 0.2) is 23.8 Å². The van der Waals surface area contributed by atoms with Crippen molar-refractivity contribution in [2.75, 3.05) is 7.11 Å². The number of esters is 1. The molecule has 0 aliphatic rings. The van der Waals surface area contributed by atoms with E-state index in [0.717, 1.165) is 0 Å². The Bertz CT molecular complexity index is 533. The molecule has 0 fully saturated rings. The number of halogens is 2. The Morgan fingerprint density at radius 2 is 1.78 bits per heavy atom. The molecule has 0 aliphatic heterocycles. The number of allylic oxidation sites excluding steroid dienone is 1. The van der Waals surface area contributed by atoms with Crippen LogP contribution in [0.5, 0.6) is 0 Å². The van der Waals surface area contributed by atoms with E-state index in [0.29, 0.717) is 21.2 Å². The lowest BCUT2D eigenvalue weighted by atomic mass is 9.99. The van der Waals surface area contributed by atoms with Gasteiger partial charge in [0, 0.05) is 0 Å². The van der Waals surface area contributed by atoms with Crippen molar-refractivity contribution >= 4 is 40.5 Å². The monoisotopic (exact) mass is 286 g/mol. The average molecular weight is 287 g/mol. The van der Waals surface area contributed by atoms with Gasteiger partial charge in [-0.15, -0.1) is 0 Å². The van der Waals surface area contributed by atoms with Gasteiger partial charge in [-0.3, -0.25) is 4.79 Å². The molecule has 0 aliphatic carbocycles. The topological polar surface area (TPSA) is 43.4 Å². The molecular formula is C13H12Cl2O3. The number of carbonyl (C=O) groups is 2. The molecule has 1 aromatic rings. The van der Waals surface area contributed by atoms with E-state index in [1.54, 1.807) is 25.1 Å². The molecule has 0 aromatic heterocycles. The molecule has 18 heavy (non-hydrogen) atoms. The number of rotatable bonds is 3. The number of hydrogen-bond donors (Lipinski definition) is 0. The van der Waals surface area contributed by atoms with Crippen LogP contribution in [0.1, 0.15) is 19.4 Å². The number of benzene rings is 1. The van der Waals surface area contributed by atoms with Crippen LogP contribution in [0, 0.1) is 0 Å². The molecular weight excluding hydrogens is 275 g/mol. The maximum Gasteiger partial charge on any atom is 0.341 e. The van der Waals surface area contributed by atoms with Gasteiger partial charge in [0.25, 0.3) is 0 Å². The molecule has 1 rings (SSSR count). The summed E-state index contributed by atoms with van der Waals surface area (Å²) in [7, 11) is 1.22. The van der Waals surface area contributed by atoms with Crippen molar-refractivity contribution in [3.63, 3.8) is 0 Å². The minimum atomic E-state index is -0.684. The summed E-state index contributed by atoms with van der Waals surface area (Å²) in [6.07, 6.45) is 0. The highest BCUT2D eigenvalue weighted by atomic mass is 35.5. The first-order valence-electron chi connectivity index (χ1n) is 5.14. The van der Waals surface area contributed by atoms with Gasteiger partial charge in [-0.25, -0.2) is 4.79 Å². The lowest BCUT2D eigenvalue weighted by Crippen LogP contribution is -2.13. The van der Waals surface area contributed by atoms with E-state index in [-0.39, 0.29) is 11.4 Å². The molecule has 0 amide bonds. The maximum absolute atomic E-state index is 11.6. The normalized spacial score (nSPS) is 11.8. The Labute approximate surface area is 115 Å². The highest BCUT2D eigenvalue weighted by Gasteiger charge is 2.20. The molecule has 3 nitrogen and oxygen atoms in total. The quantitative estimate of drug-likeness (QED) is 0.370. The van der Waals surface area contributed by atoms with E-state index in [2.05, 4.69) is 4.74 Å². The average Bonchev–Trinajstić information content (AvgIpc) is 2.31. The third-order valence-electron chi connectivity index (χ3n) is 2.47. The second kappa shape index (κ2) is 6.03. The fourth-order valence-electron chi connectivity index (χ4n) is 1.59. The van der Waals surface area contributed by atoms with Crippen molar-refractivity contribution in [2.24, 2.45) is 0 Å². The molecule has 0 radical (unpaired) electrons. The van der Waals surface area contributed by atoms with Crippen molar-refractivity contribution in [3.8, 4) is 0 Å². The van der Waals surface area contributed by atoms with E-state index >= 15 is 0 Å². The molecule has 1 aromatic carbocycles. The first kappa shape index (κ1) is 14.7. The summed E-state index contributed by atoms with van der Waals surface area (Å²) in [6.45, 7) is 2.93. The predicted molar refractivity (Wildman–Crippen MR) is 71.8 cm³/mol. The Kier molecular flexibility index (Phi) is 4.93. The van der Waals surface area contributed by atoms with E-state index in [1.165, 1.54) is 14.0 Å². The van der Waals surface area contributed by atoms with E-state index in [4.69, 9.17) is 23.2 Å². The van der Waals surface area contributed by atoms with Gasteiger partial charge < -0.3 is 4.74 Å². The van der Waals surface area contributed by atoms with Crippen LogP contribution in [-0.4, -0.2) is 18.9 Å². The van der Waals surface area contributed by atoms with Gasteiger partial charge in [-0.05, 0) is 31.1 Å². The van der Waals surface area contributed by atoms with Crippen LogP contribution >= 0.6 is 23.2 Å². The zero-order valence-electron chi connectivity index (χ0n) is 10.2. The summed E-state index contributed by atoms with van der Waals surface area (Å²) < 4.78 is 4.59. The second-order valence-corrected chi connectivity index (χ2v) is 4.43. The molecule has 0 saturated heterocycles. The molecule has 96 valence electrons. The number of ketones is 1. The lowest BCUT2D eigenvalue weighted by Gasteiger charge is -2.10. The Hall–Kier alpha value is -1.32. The van der Waals surface area contributed by atoms with Crippen LogP contribution in [0.2, 0.25) is 10.0 Å². The Morgan fingerprint density at radius 3 is 2.28 bits per heavy atom. The third-order valence-corrected chi connectivity index (χ3v) is 3.29. The highest BCUT2D eigenvalue weighted by Crippen LogP contribution is 2.32. The summed E-state index contributed by atoms with van der Waals surface area (Å²) in [5.41, 5.74) is 0.961. The summed E-state index contributed by atoms with van der Waals surface area (Å²) in [5, 5.41) is 0.667. The van der Waals surface area contributed by atoms with Gasteiger partial charge in [0.2, 0.25) is 0 Å². The Balaban J connectivity index is 3.48. The minimum absolute atomic E-state index is 0.0262. The second-order valence-electron chi connectivity index (χ2n) is 3.65.